The maximum atomic E-state index is 15.3. The molecule has 0 atom stereocenters. The lowest BCUT2D eigenvalue weighted by Gasteiger charge is -2.34. The van der Waals surface area contributed by atoms with E-state index in [1.807, 2.05) is 4.90 Å². The second kappa shape index (κ2) is 7.61. The molecule has 3 aromatic rings. The Hall–Kier alpha value is -2.71. The number of anilines is 2. The SMILES string of the molecule is C=CC(=O)N1CCN(c2snc3c(F)c(-c4cc(N)ccc4F)c(Cl)cc23)CC1. The molecular weight excluding hydrogens is 418 g/mol. The second-order valence-electron chi connectivity index (χ2n) is 6.69. The lowest BCUT2D eigenvalue weighted by atomic mass is 10.0. The average Bonchev–Trinajstić information content (AvgIpc) is 3.14. The van der Waals surface area contributed by atoms with Gasteiger partial charge in [0.2, 0.25) is 5.91 Å². The van der Waals surface area contributed by atoms with E-state index < -0.39 is 11.6 Å². The molecule has 1 aromatic heterocycles. The van der Waals surface area contributed by atoms with Crippen LogP contribution in [-0.4, -0.2) is 41.4 Å². The highest BCUT2D eigenvalue weighted by atomic mass is 35.5. The number of hydrogen-bond donors (Lipinski definition) is 1. The van der Waals surface area contributed by atoms with Gasteiger partial charge in [-0.1, -0.05) is 18.2 Å². The van der Waals surface area contributed by atoms with Gasteiger partial charge in [0.05, 0.1) is 5.02 Å². The number of hydrogen-bond acceptors (Lipinski definition) is 5. The number of carbonyl (C=O) groups excluding carboxylic acids is 1. The van der Waals surface area contributed by atoms with Gasteiger partial charge in [-0.15, -0.1) is 0 Å². The average molecular weight is 435 g/mol. The molecule has 0 aliphatic carbocycles. The smallest absolute Gasteiger partial charge is 0.246 e. The molecule has 0 radical (unpaired) electrons. The zero-order valence-corrected chi connectivity index (χ0v) is 16.9. The highest BCUT2D eigenvalue weighted by molar-refractivity contribution is 7.11. The van der Waals surface area contributed by atoms with Gasteiger partial charge in [0.1, 0.15) is 16.3 Å². The fraction of sp³-hybridized carbons (Fsp3) is 0.200. The molecule has 1 aliphatic rings. The van der Waals surface area contributed by atoms with E-state index in [-0.39, 0.29) is 27.6 Å². The Balaban J connectivity index is 1.73. The summed E-state index contributed by atoms with van der Waals surface area (Å²) in [6, 6.07) is 5.55. The van der Waals surface area contributed by atoms with Crippen LogP contribution in [0.15, 0.2) is 36.9 Å². The fourth-order valence-corrected chi connectivity index (χ4v) is 4.67. The van der Waals surface area contributed by atoms with Gasteiger partial charge >= 0.3 is 0 Å². The minimum atomic E-state index is -0.681. The summed E-state index contributed by atoms with van der Waals surface area (Å²) in [5.74, 6) is -1.40. The van der Waals surface area contributed by atoms with Crippen LogP contribution in [-0.2, 0) is 4.79 Å². The molecule has 0 spiro atoms. The van der Waals surface area contributed by atoms with E-state index in [0.717, 1.165) is 16.5 Å². The van der Waals surface area contributed by atoms with Crippen molar-refractivity contribution in [2.24, 2.45) is 0 Å². The van der Waals surface area contributed by atoms with Crippen molar-refractivity contribution < 1.29 is 13.6 Å². The Bertz CT molecular complexity index is 1130. The summed E-state index contributed by atoms with van der Waals surface area (Å²) < 4.78 is 33.8. The summed E-state index contributed by atoms with van der Waals surface area (Å²) >= 11 is 7.52. The summed E-state index contributed by atoms with van der Waals surface area (Å²) in [7, 11) is 0. The fourth-order valence-electron chi connectivity index (χ4n) is 3.47. The van der Waals surface area contributed by atoms with Gasteiger partial charge < -0.3 is 15.5 Å². The molecule has 2 heterocycles. The number of rotatable bonds is 3. The van der Waals surface area contributed by atoms with Gasteiger partial charge in [0.25, 0.3) is 0 Å². The summed E-state index contributed by atoms with van der Waals surface area (Å²) in [5.41, 5.74) is 6.13. The third kappa shape index (κ3) is 3.42. The quantitative estimate of drug-likeness (QED) is 0.493. The summed E-state index contributed by atoms with van der Waals surface area (Å²) in [6.45, 7) is 5.75. The molecule has 1 amide bonds. The van der Waals surface area contributed by atoms with Gasteiger partial charge in [-0.2, -0.15) is 4.37 Å². The van der Waals surface area contributed by atoms with Crippen molar-refractivity contribution in [3.8, 4) is 11.1 Å². The standard InChI is InChI=1S/C20H17ClF2N4OS/c1-2-16(28)26-5-7-27(8-6-26)20-13-10-14(21)17(18(23)19(13)25-29-20)12-9-11(24)3-4-15(12)22/h2-4,9-10H,1,5-8,24H2. The van der Waals surface area contributed by atoms with Crippen LogP contribution in [0, 0.1) is 11.6 Å². The van der Waals surface area contributed by atoms with Crippen molar-refractivity contribution in [2.45, 2.75) is 0 Å². The molecule has 150 valence electrons. The zero-order chi connectivity index (χ0) is 20.7. The second-order valence-corrected chi connectivity index (χ2v) is 7.85. The molecule has 9 heteroatoms. The molecule has 1 fully saturated rings. The van der Waals surface area contributed by atoms with Crippen molar-refractivity contribution in [1.29, 1.82) is 0 Å². The maximum absolute atomic E-state index is 15.3. The van der Waals surface area contributed by atoms with Crippen molar-refractivity contribution in [3.63, 3.8) is 0 Å². The number of piperazine rings is 1. The van der Waals surface area contributed by atoms with Gasteiger partial charge in [-0.25, -0.2) is 8.78 Å². The molecule has 1 aliphatic heterocycles. The molecule has 29 heavy (non-hydrogen) atoms. The largest absolute Gasteiger partial charge is 0.399 e. The normalized spacial score (nSPS) is 14.4. The maximum Gasteiger partial charge on any atom is 0.246 e. The van der Waals surface area contributed by atoms with Crippen LogP contribution in [0.4, 0.5) is 19.5 Å². The molecule has 4 rings (SSSR count). The zero-order valence-electron chi connectivity index (χ0n) is 15.3. The predicted molar refractivity (Wildman–Crippen MR) is 113 cm³/mol. The first-order valence-electron chi connectivity index (χ1n) is 8.89. The molecular formula is C20H17ClF2N4OS. The topological polar surface area (TPSA) is 62.5 Å². The molecule has 0 bridgehead atoms. The number of nitrogens with zero attached hydrogens (tertiary/aromatic N) is 3. The number of amides is 1. The number of benzene rings is 2. The van der Waals surface area contributed by atoms with Crippen molar-refractivity contribution in [3.05, 3.63) is 53.6 Å². The number of nitrogen functional groups attached to an aromatic ring is 1. The van der Waals surface area contributed by atoms with Gasteiger partial charge in [0, 0.05) is 48.4 Å². The first-order valence-corrected chi connectivity index (χ1v) is 10.0. The lowest BCUT2D eigenvalue weighted by Crippen LogP contribution is -2.48. The molecule has 5 nitrogen and oxygen atoms in total. The van der Waals surface area contributed by atoms with Crippen molar-refractivity contribution in [1.82, 2.24) is 9.27 Å². The Labute approximate surface area is 175 Å². The number of carbonyl (C=O) groups is 1. The number of aromatic nitrogens is 1. The Morgan fingerprint density at radius 1 is 1.24 bits per heavy atom. The first kappa shape index (κ1) is 19.6. The van der Waals surface area contributed by atoms with Crippen LogP contribution in [0.25, 0.3) is 22.0 Å². The van der Waals surface area contributed by atoms with Crippen LogP contribution in [0.1, 0.15) is 0 Å². The predicted octanol–water partition coefficient (Wildman–Crippen LogP) is 4.31. The van der Waals surface area contributed by atoms with Gasteiger partial charge in [-0.05, 0) is 41.9 Å². The minimum Gasteiger partial charge on any atom is -0.399 e. The Morgan fingerprint density at radius 3 is 2.66 bits per heavy atom. The van der Waals surface area contributed by atoms with Gasteiger partial charge in [-0.3, -0.25) is 4.79 Å². The third-order valence-corrected chi connectivity index (χ3v) is 6.18. The Morgan fingerprint density at radius 2 is 1.97 bits per heavy atom. The van der Waals surface area contributed by atoms with Crippen LogP contribution in [0.5, 0.6) is 0 Å². The molecule has 2 N–H and O–H groups in total. The Kier molecular flexibility index (Phi) is 5.14. The van der Waals surface area contributed by atoms with E-state index in [9.17, 15) is 9.18 Å². The number of halogens is 3. The van der Waals surface area contributed by atoms with E-state index in [0.29, 0.717) is 37.3 Å². The highest BCUT2D eigenvalue weighted by Gasteiger charge is 2.26. The summed E-state index contributed by atoms with van der Waals surface area (Å²) in [6.07, 6.45) is 1.30. The van der Waals surface area contributed by atoms with Crippen LogP contribution in [0.3, 0.4) is 0 Å². The monoisotopic (exact) mass is 434 g/mol. The van der Waals surface area contributed by atoms with E-state index in [4.69, 9.17) is 17.3 Å². The minimum absolute atomic E-state index is 0.000465. The molecule has 0 unspecified atom stereocenters. The van der Waals surface area contributed by atoms with Crippen molar-refractivity contribution in [2.75, 3.05) is 36.8 Å². The third-order valence-electron chi connectivity index (χ3n) is 4.96. The van der Waals surface area contributed by atoms with Crippen LogP contribution < -0.4 is 10.6 Å². The van der Waals surface area contributed by atoms with E-state index in [1.54, 1.807) is 11.0 Å². The van der Waals surface area contributed by atoms with E-state index >= 15 is 4.39 Å². The molecule has 2 aromatic carbocycles. The van der Waals surface area contributed by atoms with Crippen molar-refractivity contribution >= 4 is 50.6 Å². The van der Waals surface area contributed by atoms with E-state index in [2.05, 4.69) is 11.0 Å². The number of nitrogens with two attached hydrogens (primary N) is 1. The first-order chi connectivity index (χ1) is 13.9. The summed E-state index contributed by atoms with van der Waals surface area (Å²) in [4.78, 5) is 15.5. The summed E-state index contributed by atoms with van der Waals surface area (Å²) in [5, 5.41) is 1.42. The van der Waals surface area contributed by atoms with Crippen LogP contribution in [0.2, 0.25) is 5.02 Å². The number of fused-ring (bicyclic) bond motifs is 1. The van der Waals surface area contributed by atoms with Crippen LogP contribution >= 0.6 is 23.1 Å². The van der Waals surface area contributed by atoms with E-state index in [1.165, 1.54) is 24.3 Å². The van der Waals surface area contributed by atoms with Gasteiger partial charge in [0.15, 0.2) is 5.82 Å². The highest BCUT2D eigenvalue weighted by Crippen LogP contribution is 2.42. The molecule has 1 saturated heterocycles. The molecule has 0 saturated carbocycles. The lowest BCUT2D eigenvalue weighted by molar-refractivity contribution is -0.126.